The summed E-state index contributed by atoms with van der Waals surface area (Å²) in [7, 11) is -1.59. The Balaban J connectivity index is 2.53. The van der Waals surface area contributed by atoms with Gasteiger partial charge in [-0.2, -0.15) is 4.31 Å². The van der Waals surface area contributed by atoms with Crippen molar-refractivity contribution in [1.29, 1.82) is 0 Å². The molecule has 0 amide bonds. The molecule has 0 aliphatic rings. The summed E-state index contributed by atoms with van der Waals surface area (Å²) < 4.78 is 25.1. The van der Waals surface area contributed by atoms with Gasteiger partial charge in [0.25, 0.3) is 0 Å². The number of aromatic nitrogens is 1. The Hall–Kier alpha value is -0.500. The normalized spacial score (nSPS) is 12.2. The molecule has 0 aliphatic heterocycles. The molecular weight excluding hydrogens is 258 g/mol. The van der Waals surface area contributed by atoms with E-state index in [0.717, 1.165) is 17.2 Å². The first-order valence-corrected chi connectivity index (χ1v) is 8.00. The van der Waals surface area contributed by atoms with Gasteiger partial charge in [0, 0.05) is 19.0 Å². The van der Waals surface area contributed by atoms with Crippen molar-refractivity contribution in [3.05, 3.63) is 16.1 Å². The number of aryl methyl sites for hydroxylation is 1. The van der Waals surface area contributed by atoms with Crippen LogP contribution in [0.4, 0.5) is 0 Å². The first kappa shape index (κ1) is 14.6. The number of hydrogen-bond acceptors (Lipinski definition) is 5. The Morgan fingerprint density at radius 1 is 1.53 bits per heavy atom. The molecule has 1 N–H and O–H groups in total. The van der Waals surface area contributed by atoms with E-state index >= 15 is 0 Å². The van der Waals surface area contributed by atoms with Crippen LogP contribution in [0.3, 0.4) is 0 Å². The summed E-state index contributed by atoms with van der Waals surface area (Å²) in [5.74, 6) is 0.125. The van der Waals surface area contributed by atoms with Gasteiger partial charge in [-0.3, -0.25) is 0 Å². The predicted octanol–water partition coefficient (Wildman–Crippen LogP) is 0.823. The predicted molar refractivity (Wildman–Crippen MR) is 70.6 cm³/mol. The van der Waals surface area contributed by atoms with Crippen LogP contribution in [0.25, 0.3) is 0 Å². The van der Waals surface area contributed by atoms with Gasteiger partial charge in [-0.25, -0.2) is 13.4 Å². The molecule has 0 saturated heterocycles. The third-order valence-corrected chi connectivity index (χ3v) is 4.93. The van der Waals surface area contributed by atoms with Crippen molar-refractivity contribution in [3.8, 4) is 0 Å². The lowest BCUT2D eigenvalue weighted by atomic mass is 10.5. The van der Waals surface area contributed by atoms with Gasteiger partial charge in [0.05, 0.1) is 23.0 Å². The van der Waals surface area contributed by atoms with E-state index in [-0.39, 0.29) is 5.75 Å². The molecule has 0 fully saturated rings. The second-order valence-corrected chi connectivity index (χ2v) is 7.04. The monoisotopic (exact) mass is 277 g/mol. The molecule has 0 saturated carbocycles. The average Bonchev–Trinajstić information content (AvgIpc) is 2.64. The van der Waals surface area contributed by atoms with Crippen molar-refractivity contribution >= 4 is 21.4 Å². The van der Waals surface area contributed by atoms with Gasteiger partial charge < -0.3 is 5.32 Å². The third kappa shape index (κ3) is 4.71. The van der Waals surface area contributed by atoms with Crippen molar-refractivity contribution in [2.45, 2.75) is 20.4 Å². The lowest BCUT2D eigenvalue weighted by molar-refractivity contribution is 0.461. The standard InChI is InChI=1S/C10H19N3O2S2/c1-4-11-5-6-17(14,15)13(3)7-10-8-16-9(2)12-10/h8,11H,4-7H2,1-3H3. The zero-order valence-electron chi connectivity index (χ0n) is 10.4. The molecule has 0 unspecified atom stereocenters. The highest BCUT2D eigenvalue weighted by atomic mass is 32.2. The van der Waals surface area contributed by atoms with Crippen LogP contribution in [-0.4, -0.2) is 43.6 Å². The molecule has 1 aromatic rings. The maximum Gasteiger partial charge on any atom is 0.215 e. The van der Waals surface area contributed by atoms with Gasteiger partial charge in [0.15, 0.2) is 0 Å². The molecule has 0 radical (unpaired) electrons. The number of nitrogens with zero attached hydrogens (tertiary/aromatic N) is 2. The van der Waals surface area contributed by atoms with Gasteiger partial charge in [-0.1, -0.05) is 6.92 Å². The van der Waals surface area contributed by atoms with Gasteiger partial charge in [-0.05, 0) is 13.5 Å². The molecule has 0 aromatic carbocycles. The number of sulfonamides is 1. The minimum absolute atomic E-state index is 0.125. The number of rotatable bonds is 7. The number of thiazole rings is 1. The summed E-state index contributed by atoms with van der Waals surface area (Å²) in [5, 5.41) is 5.86. The van der Waals surface area contributed by atoms with Crippen molar-refractivity contribution < 1.29 is 8.42 Å². The minimum Gasteiger partial charge on any atom is -0.316 e. The highest BCUT2D eigenvalue weighted by Crippen LogP contribution is 2.11. The summed E-state index contributed by atoms with van der Waals surface area (Å²) in [6.45, 7) is 5.48. The van der Waals surface area contributed by atoms with E-state index in [1.807, 2.05) is 19.2 Å². The van der Waals surface area contributed by atoms with Crippen molar-refractivity contribution in [2.24, 2.45) is 0 Å². The molecule has 5 nitrogen and oxygen atoms in total. The zero-order chi connectivity index (χ0) is 12.9. The Morgan fingerprint density at radius 2 is 2.24 bits per heavy atom. The maximum atomic E-state index is 11.9. The summed E-state index contributed by atoms with van der Waals surface area (Å²) in [6, 6.07) is 0. The topological polar surface area (TPSA) is 62.3 Å². The summed E-state index contributed by atoms with van der Waals surface area (Å²) in [4.78, 5) is 4.26. The molecule has 1 rings (SSSR count). The SMILES string of the molecule is CCNCCS(=O)(=O)N(C)Cc1csc(C)n1. The quantitative estimate of drug-likeness (QED) is 0.750. The first-order chi connectivity index (χ1) is 7.95. The smallest absolute Gasteiger partial charge is 0.215 e. The Kier molecular flexibility index (Phi) is 5.51. The Morgan fingerprint density at radius 3 is 2.76 bits per heavy atom. The third-order valence-electron chi connectivity index (χ3n) is 2.31. The highest BCUT2D eigenvalue weighted by Gasteiger charge is 2.18. The van der Waals surface area contributed by atoms with E-state index in [1.54, 1.807) is 7.05 Å². The molecule has 98 valence electrons. The van der Waals surface area contributed by atoms with Crippen LogP contribution in [-0.2, 0) is 16.6 Å². The molecule has 0 spiro atoms. The second kappa shape index (κ2) is 6.44. The van der Waals surface area contributed by atoms with E-state index in [9.17, 15) is 8.42 Å². The van der Waals surface area contributed by atoms with Crippen LogP contribution >= 0.6 is 11.3 Å². The molecule has 0 aliphatic carbocycles. The fourth-order valence-corrected chi connectivity index (χ4v) is 2.99. The fourth-order valence-electron chi connectivity index (χ4n) is 1.34. The average molecular weight is 277 g/mol. The number of nitrogens with one attached hydrogen (secondary N) is 1. The van der Waals surface area contributed by atoms with Gasteiger partial charge in [0.1, 0.15) is 0 Å². The maximum absolute atomic E-state index is 11.9. The fraction of sp³-hybridized carbons (Fsp3) is 0.700. The molecule has 17 heavy (non-hydrogen) atoms. The summed E-state index contributed by atoms with van der Waals surface area (Å²) in [5.41, 5.74) is 0.807. The van der Waals surface area contributed by atoms with Gasteiger partial charge in [0.2, 0.25) is 10.0 Å². The van der Waals surface area contributed by atoms with Crippen LogP contribution in [0.1, 0.15) is 17.6 Å². The van der Waals surface area contributed by atoms with Gasteiger partial charge in [-0.15, -0.1) is 11.3 Å². The largest absolute Gasteiger partial charge is 0.316 e. The van der Waals surface area contributed by atoms with Crippen molar-refractivity contribution in [2.75, 3.05) is 25.9 Å². The van der Waals surface area contributed by atoms with Crippen molar-refractivity contribution in [3.63, 3.8) is 0 Å². The minimum atomic E-state index is -3.19. The second-order valence-electron chi connectivity index (χ2n) is 3.78. The van der Waals surface area contributed by atoms with E-state index in [0.29, 0.717) is 13.1 Å². The van der Waals surface area contributed by atoms with E-state index < -0.39 is 10.0 Å². The lowest BCUT2D eigenvalue weighted by Crippen LogP contribution is -2.33. The van der Waals surface area contributed by atoms with Crippen molar-refractivity contribution in [1.82, 2.24) is 14.6 Å². The lowest BCUT2D eigenvalue weighted by Gasteiger charge is -2.15. The molecule has 0 atom stereocenters. The van der Waals surface area contributed by atoms with Crippen LogP contribution in [0.2, 0.25) is 0 Å². The summed E-state index contributed by atoms with van der Waals surface area (Å²) in [6.07, 6.45) is 0. The molecule has 1 heterocycles. The molecule has 0 bridgehead atoms. The first-order valence-electron chi connectivity index (χ1n) is 5.51. The van der Waals surface area contributed by atoms with E-state index in [1.165, 1.54) is 15.6 Å². The van der Waals surface area contributed by atoms with E-state index in [2.05, 4.69) is 10.3 Å². The Bertz CT molecular complexity index is 442. The molecule has 1 aromatic heterocycles. The van der Waals surface area contributed by atoms with E-state index in [4.69, 9.17) is 0 Å². The highest BCUT2D eigenvalue weighted by molar-refractivity contribution is 7.89. The van der Waals surface area contributed by atoms with Crippen LogP contribution < -0.4 is 5.32 Å². The van der Waals surface area contributed by atoms with Crippen LogP contribution in [0, 0.1) is 6.92 Å². The molecule has 7 heteroatoms. The van der Waals surface area contributed by atoms with Crippen LogP contribution in [0.15, 0.2) is 5.38 Å². The number of hydrogen-bond donors (Lipinski definition) is 1. The molecular formula is C10H19N3O2S2. The summed E-state index contributed by atoms with van der Waals surface area (Å²) >= 11 is 1.53. The Labute approximate surface area is 107 Å². The zero-order valence-corrected chi connectivity index (χ0v) is 12.1. The van der Waals surface area contributed by atoms with Crippen LogP contribution in [0.5, 0.6) is 0 Å². The van der Waals surface area contributed by atoms with Gasteiger partial charge >= 0.3 is 0 Å².